The molecule has 0 amide bonds. The fourth-order valence-corrected chi connectivity index (χ4v) is 1.78. The van der Waals surface area contributed by atoms with E-state index < -0.39 is 0 Å². The maximum Gasteiger partial charge on any atom is 0.196 e. The van der Waals surface area contributed by atoms with Crippen LogP contribution in [0.4, 0.5) is 0 Å². The van der Waals surface area contributed by atoms with E-state index in [2.05, 4.69) is 4.98 Å². The SMILES string of the molecule is CC(=O)c1cnc(CC2CCCOC2)o1. The van der Waals surface area contributed by atoms with Gasteiger partial charge in [0.1, 0.15) is 0 Å². The molecule has 1 aromatic rings. The first kappa shape index (κ1) is 10.4. The molecule has 0 bridgehead atoms. The lowest BCUT2D eigenvalue weighted by Gasteiger charge is -2.20. The number of Topliss-reactive ketones (excluding diaryl/α,β-unsaturated/α-hetero) is 1. The van der Waals surface area contributed by atoms with Crippen molar-refractivity contribution in [2.45, 2.75) is 26.2 Å². The molecule has 0 saturated carbocycles. The van der Waals surface area contributed by atoms with Gasteiger partial charge < -0.3 is 9.15 Å². The van der Waals surface area contributed by atoms with Gasteiger partial charge in [-0.25, -0.2) is 4.98 Å². The van der Waals surface area contributed by atoms with Crippen LogP contribution in [0.15, 0.2) is 10.6 Å². The molecule has 82 valence electrons. The van der Waals surface area contributed by atoms with Gasteiger partial charge in [0.25, 0.3) is 0 Å². The van der Waals surface area contributed by atoms with Crippen molar-refractivity contribution in [3.05, 3.63) is 17.8 Å². The van der Waals surface area contributed by atoms with E-state index in [1.807, 2.05) is 0 Å². The van der Waals surface area contributed by atoms with Gasteiger partial charge in [0.05, 0.1) is 6.20 Å². The quantitative estimate of drug-likeness (QED) is 0.713. The van der Waals surface area contributed by atoms with Gasteiger partial charge in [-0.1, -0.05) is 0 Å². The zero-order chi connectivity index (χ0) is 10.7. The van der Waals surface area contributed by atoms with Gasteiger partial charge in [0, 0.05) is 26.6 Å². The van der Waals surface area contributed by atoms with Crippen molar-refractivity contribution in [2.75, 3.05) is 13.2 Å². The Bertz CT molecular complexity index is 339. The number of carbonyl (C=O) groups excluding carboxylic acids is 1. The van der Waals surface area contributed by atoms with Gasteiger partial charge in [0.2, 0.25) is 0 Å². The molecule has 0 aromatic carbocycles. The molecule has 4 nitrogen and oxygen atoms in total. The fourth-order valence-electron chi connectivity index (χ4n) is 1.78. The summed E-state index contributed by atoms with van der Waals surface area (Å²) >= 11 is 0. The lowest BCUT2D eigenvalue weighted by atomic mass is 9.99. The van der Waals surface area contributed by atoms with E-state index in [-0.39, 0.29) is 5.78 Å². The molecule has 0 aliphatic carbocycles. The molecule has 1 aliphatic heterocycles. The second kappa shape index (κ2) is 4.57. The number of carbonyl (C=O) groups is 1. The van der Waals surface area contributed by atoms with E-state index in [4.69, 9.17) is 9.15 Å². The van der Waals surface area contributed by atoms with E-state index in [9.17, 15) is 4.79 Å². The number of aromatic nitrogens is 1. The van der Waals surface area contributed by atoms with E-state index in [0.29, 0.717) is 17.6 Å². The minimum Gasteiger partial charge on any atom is -0.438 e. The van der Waals surface area contributed by atoms with Crippen molar-refractivity contribution in [3.8, 4) is 0 Å². The number of oxazole rings is 1. The van der Waals surface area contributed by atoms with Crippen LogP contribution in [0.1, 0.15) is 36.2 Å². The first-order valence-corrected chi connectivity index (χ1v) is 5.29. The number of ether oxygens (including phenoxy) is 1. The molecule has 2 heterocycles. The summed E-state index contributed by atoms with van der Waals surface area (Å²) < 4.78 is 10.7. The second-order valence-corrected chi connectivity index (χ2v) is 3.96. The molecular formula is C11H15NO3. The standard InChI is InChI=1S/C11H15NO3/c1-8(13)10-6-12-11(15-10)5-9-3-2-4-14-7-9/h6,9H,2-5,7H2,1H3. The van der Waals surface area contributed by atoms with Crippen molar-refractivity contribution < 1.29 is 13.9 Å². The molecule has 1 aliphatic rings. The summed E-state index contributed by atoms with van der Waals surface area (Å²) in [7, 11) is 0. The van der Waals surface area contributed by atoms with Gasteiger partial charge in [-0.2, -0.15) is 0 Å². The average molecular weight is 209 g/mol. The zero-order valence-electron chi connectivity index (χ0n) is 8.86. The Morgan fingerprint density at radius 2 is 2.53 bits per heavy atom. The second-order valence-electron chi connectivity index (χ2n) is 3.96. The highest BCUT2D eigenvalue weighted by atomic mass is 16.5. The highest BCUT2D eigenvalue weighted by Gasteiger charge is 2.17. The van der Waals surface area contributed by atoms with Gasteiger partial charge in [-0.05, 0) is 18.8 Å². The topological polar surface area (TPSA) is 52.3 Å². The van der Waals surface area contributed by atoms with Crippen LogP contribution in [-0.2, 0) is 11.2 Å². The summed E-state index contributed by atoms with van der Waals surface area (Å²) in [5.41, 5.74) is 0. The minimum absolute atomic E-state index is 0.0753. The van der Waals surface area contributed by atoms with Crippen LogP contribution >= 0.6 is 0 Å². The van der Waals surface area contributed by atoms with E-state index in [1.54, 1.807) is 0 Å². The third-order valence-electron chi connectivity index (χ3n) is 2.62. The van der Waals surface area contributed by atoms with Crippen LogP contribution in [0.25, 0.3) is 0 Å². The lowest BCUT2D eigenvalue weighted by Crippen LogP contribution is -2.19. The van der Waals surface area contributed by atoms with E-state index >= 15 is 0 Å². The Labute approximate surface area is 88.6 Å². The number of nitrogens with zero attached hydrogens (tertiary/aromatic N) is 1. The summed E-state index contributed by atoms with van der Waals surface area (Å²) in [5, 5.41) is 0. The largest absolute Gasteiger partial charge is 0.438 e. The molecule has 1 fully saturated rings. The number of hydrogen-bond donors (Lipinski definition) is 0. The third kappa shape index (κ3) is 2.65. The summed E-state index contributed by atoms with van der Waals surface area (Å²) in [5.74, 6) is 1.41. The summed E-state index contributed by atoms with van der Waals surface area (Å²) in [6, 6.07) is 0. The Morgan fingerprint density at radius 3 is 3.13 bits per heavy atom. The maximum absolute atomic E-state index is 11.0. The van der Waals surface area contributed by atoms with Crippen LogP contribution < -0.4 is 0 Å². The Morgan fingerprint density at radius 1 is 1.67 bits per heavy atom. The molecule has 1 unspecified atom stereocenters. The maximum atomic E-state index is 11.0. The first-order valence-electron chi connectivity index (χ1n) is 5.29. The molecule has 0 N–H and O–H groups in total. The first-order chi connectivity index (χ1) is 7.25. The summed E-state index contributed by atoms with van der Waals surface area (Å²) in [4.78, 5) is 15.1. The van der Waals surface area contributed by atoms with Crippen molar-refractivity contribution >= 4 is 5.78 Å². The van der Waals surface area contributed by atoms with Crippen molar-refractivity contribution in [2.24, 2.45) is 5.92 Å². The van der Waals surface area contributed by atoms with Crippen LogP contribution in [0.3, 0.4) is 0 Å². The monoisotopic (exact) mass is 209 g/mol. The van der Waals surface area contributed by atoms with Crippen LogP contribution in [0.5, 0.6) is 0 Å². The Balaban J connectivity index is 1.94. The molecule has 1 aromatic heterocycles. The molecule has 1 saturated heterocycles. The smallest absolute Gasteiger partial charge is 0.196 e. The molecule has 0 spiro atoms. The highest BCUT2D eigenvalue weighted by molar-refractivity contribution is 5.90. The Kier molecular flexibility index (Phi) is 3.16. The van der Waals surface area contributed by atoms with Crippen LogP contribution in [-0.4, -0.2) is 24.0 Å². The molecule has 15 heavy (non-hydrogen) atoms. The predicted octanol–water partition coefficient (Wildman–Crippen LogP) is 1.85. The number of rotatable bonds is 3. The zero-order valence-corrected chi connectivity index (χ0v) is 8.86. The average Bonchev–Trinajstić information content (AvgIpc) is 2.68. The molecule has 2 rings (SSSR count). The van der Waals surface area contributed by atoms with E-state index in [0.717, 1.165) is 32.5 Å². The van der Waals surface area contributed by atoms with Crippen LogP contribution in [0.2, 0.25) is 0 Å². The van der Waals surface area contributed by atoms with Gasteiger partial charge in [0.15, 0.2) is 17.4 Å². The van der Waals surface area contributed by atoms with Gasteiger partial charge in [-0.15, -0.1) is 0 Å². The normalized spacial score (nSPS) is 21.5. The third-order valence-corrected chi connectivity index (χ3v) is 2.62. The van der Waals surface area contributed by atoms with Gasteiger partial charge in [-0.3, -0.25) is 4.79 Å². The van der Waals surface area contributed by atoms with Crippen molar-refractivity contribution in [1.29, 1.82) is 0 Å². The number of hydrogen-bond acceptors (Lipinski definition) is 4. The van der Waals surface area contributed by atoms with Crippen LogP contribution in [0, 0.1) is 5.92 Å². The molecular weight excluding hydrogens is 194 g/mol. The summed E-state index contributed by atoms with van der Waals surface area (Å²) in [6.45, 7) is 3.12. The Hall–Kier alpha value is -1.16. The van der Waals surface area contributed by atoms with Crippen molar-refractivity contribution in [1.82, 2.24) is 4.98 Å². The summed E-state index contributed by atoms with van der Waals surface area (Å²) in [6.07, 6.45) is 4.53. The number of ketones is 1. The molecule has 4 heteroatoms. The predicted molar refractivity (Wildman–Crippen MR) is 53.8 cm³/mol. The minimum atomic E-state index is -0.0753. The van der Waals surface area contributed by atoms with Crippen molar-refractivity contribution in [3.63, 3.8) is 0 Å². The molecule has 0 radical (unpaired) electrons. The lowest BCUT2D eigenvalue weighted by molar-refractivity contribution is 0.0525. The fraction of sp³-hybridized carbons (Fsp3) is 0.636. The molecule has 1 atom stereocenters. The van der Waals surface area contributed by atoms with E-state index in [1.165, 1.54) is 13.1 Å². The highest BCUT2D eigenvalue weighted by Crippen LogP contribution is 2.18. The van der Waals surface area contributed by atoms with Gasteiger partial charge >= 0.3 is 0 Å².